The summed E-state index contributed by atoms with van der Waals surface area (Å²) in [7, 11) is 0. The number of nitrogens with zero attached hydrogens (tertiary/aromatic N) is 8. The first-order chi connectivity index (χ1) is 29.1. The maximum absolute atomic E-state index is 5.36. The van der Waals surface area contributed by atoms with E-state index in [1.807, 2.05) is 24.8 Å². The van der Waals surface area contributed by atoms with E-state index in [9.17, 15) is 0 Å². The standard InChI is InChI=1S/C52H56N8/c1-35(2)43-21-15-22-44(36(3)4)47(43)59-33-41(55-51(59)49-53-27-29-57(49)31-39-17-11-9-12-18-39)25-26-42-34-60(48-45(37(5)6)23-16-24-46(48)38(7)8)52(56-42)50-54-28-30-58(50)32-40-19-13-10-14-20-40/h9-30,33-38H,31-32H2,1-8H3/b26-25-. The zero-order chi connectivity index (χ0) is 41.9. The van der Waals surface area contributed by atoms with E-state index in [1.54, 1.807) is 0 Å². The van der Waals surface area contributed by atoms with Gasteiger partial charge in [-0.1, -0.05) is 152 Å². The fourth-order valence-corrected chi connectivity index (χ4v) is 8.21. The van der Waals surface area contributed by atoms with Gasteiger partial charge in [0.15, 0.2) is 23.3 Å². The summed E-state index contributed by atoms with van der Waals surface area (Å²) >= 11 is 0. The van der Waals surface area contributed by atoms with Crippen LogP contribution in [0, 0.1) is 0 Å². The van der Waals surface area contributed by atoms with Gasteiger partial charge in [0.25, 0.3) is 0 Å². The van der Waals surface area contributed by atoms with Gasteiger partial charge in [-0.05, 0) is 69.2 Å². The second-order valence-electron chi connectivity index (χ2n) is 17.0. The maximum Gasteiger partial charge on any atom is 0.181 e. The molecule has 0 N–H and O–H groups in total. The molecule has 0 aliphatic carbocycles. The van der Waals surface area contributed by atoms with Crippen LogP contribution in [0.15, 0.2) is 134 Å². The van der Waals surface area contributed by atoms with Crippen LogP contribution < -0.4 is 0 Å². The average molecular weight is 793 g/mol. The third-order valence-corrected chi connectivity index (χ3v) is 11.3. The lowest BCUT2D eigenvalue weighted by atomic mass is 9.92. The van der Waals surface area contributed by atoms with Crippen LogP contribution in [0.1, 0.15) is 124 Å². The Kier molecular flexibility index (Phi) is 11.6. The lowest BCUT2D eigenvalue weighted by Crippen LogP contribution is -2.10. The van der Waals surface area contributed by atoms with Crippen molar-refractivity contribution in [2.75, 3.05) is 0 Å². The Morgan fingerprint density at radius 3 is 1.12 bits per heavy atom. The molecule has 0 radical (unpaired) electrons. The van der Waals surface area contributed by atoms with Crippen LogP contribution in [-0.2, 0) is 13.1 Å². The predicted octanol–water partition coefficient (Wildman–Crippen LogP) is 12.5. The first-order valence-electron chi connectivity index (χ1n) is 21.3. The van der Waals surface area contributed by atoms with Crippen molar-refractivity contribution in [3.63, 3.8) is 0 Å². The van der Waals surface area contributed by atoms with Crippen LogP contribution in [-0.4, -0.2) is 38.2 Å². The average Bonchev–Trinajstić information content (AvgIpc) is 4.07. The van der Waals surface area contributed by atoms with Crippen LogP contribution in [0.2, 0.25) is 0 Å². The van der Waals surface area contributed by atoms with Crippen molar-refractivity contribution >= 4 is 12.2 Å². The van der Waals surface area contributed by atoms with Crippen LogP contribution >= 0.6 is 0 Å². The van der Waals surface area contributed by atoms with Gasteiger partial charge in [-0.15, -0.1) is 0 Å². The van der Waals surface area contributed by atoms with Gasteiger partial charge in [-0.2, -0.15) is 0 Å². The quantitative estimate of drug-likeness (QED) is 0.110. The summed E-state index contributed by atoms with van der Waals surface area (Å²) in [5.41, 5.74) is 11.5. The molecule has 0 saturated heterocycles. The lowest BCUT2D eigenvalue weighted by molar-refractivity contribution is 0.783. The van der Waals surface area contributed by atoms with E-state index in [1.165, 1.54) is 44.8 Å². The van der Waals surface area contributed by atoms with Crippen molar-refractivity contribution in [2.45, 2.75) is 92.2 Å². The summed E-state index contributed by atoms with van der Waals surface area (Å²) in [6.07, 6.45) is 16.3. The van der Waals surface area contributed by atoms with E-state index in [4.69, 9.17) is 19.9 Å². The van der Waals surface area contributed by atoms with E-state index in [2.05, 4.69) is 195 Å². The summed E-state index contributed by atoms with van der Waals surface area (Å²) in [6, 6.07) is 34.4. The van der Waals surface area contributed by atoms with E-state index in [0.29, 0.717) is 36.8 Å². The third-order valence-electron chi connectivity index (χ3n) is 11.3. The highest BCUT2D eigenvalue weighted by molar-refractivity contribution is 5.71. The molecule has 8 nitrogen and oxygen atoms in total. The molecule has 0 aliphatic rings. The molecule has 0 saturated carbocycles. The molecular weight excluding hydrogens is 737 g/mol. The Hall–Kier alpha value is -6.54. The minimum absolute atomic E-state index is 0.304. The molecule has 0 aliphatic heterocycles. The molecule has 304 valence electrons. The zero-order valence-corrected chi connectivity index (χ0v) is 36.2. The van der Waals surface area contributed by atoms with E-state index in [-0.39, 0.29) is 0 Å². The van der Waals surface area contributed by atoms with Crippen LogP contribution in [0.25, 0.3) is 46.8 Å². The molecule has 8 heteroatoms. The monoisotopic (exact) mass is 792 g/mol. The highest BCUT2D eigenvalue weighted by atomic mass is 15.2. The molecule has 0 fully saturated rings. The van der Waals surface area contributed by atoms with Gasteiger partial charge in [-0.3, -0.25) is 9.13 Å². The minimum Gasteiger partial charge on any atom is -0.324 e. The topological polar surface area (TPSA) is 71.3 Å². The van der Waals surface area contributed by atoms with Gasteiger partial charge in [0.2, 0.25) is 0 Å². The highest BCUT2D eigenvalue weighted by Crippen LogP contribution is 2.37. The second kappa shape index (κ2) is 17.4. The second-order valence-corrected chi connectivity index (χ2v) is 17.0. The van der Waals surface area contributed by atoms with Crippen molar-refractivity contribution in [2.24, 2.45) is 0 Å². The molecule has 0 bridgehead atoms. The van der Waals surface area contributed by atoms with Gasteiger partial charge >= 0.3 is 0 Å². The zero-order valence-electron chi connectivity index (χ0n) is 36.2. The number of hydrogen-bond donors (Lipinski definition) is 0. The molecule has 60 heavy (non-hydrogen) atoms. The van der Waals surface area contributed by atoms with E-state index < -0.39 is 0 Å². The fourth-order valence-electron chi connectivity index (χ4n) is 8.21. The molecule has 4 aromatic carbocycles. The Bertz CT molecular complexity index is 2480. The summed E-state index contributed by atoms with van der Waals surface area (Å²) < 4.78 is 8.93. The van der Waals surface area contributed by atoms with Crippen LogP contribution in [0.5, 0.6) is 0 Å². The number of hydrogen-bond acceptors (Lipinski definition) is 4. The van der Waals surface area contributed by atoms with Crippen molar-refractivity contribution in [1.82, 2.24) is 38.2 Å². The molecule has 0 atom stereocenters. The SMILES string of the molecule is CC(C)c1cccc(C(C)C)c1-n1cc(/C=C\c2cn(-c3c(C(C)C)cccc3C(C)C)c(-c3nccn3Cc3ccccc3)n2)nc1-c1nccn1Cc1ccccc1. The predicted molar refractivity (Wildman–Crippen MR) is 246 cm³/mol. The summed E-state index contributed by atoms with van der Waals surface area (Å²) in [5, 5.41) is 0. The minimum atomic E-state index is 0.304. The molecular formula is C52H56N8. The Balaban J connectivity index is 1.29. The number of para-hydroxylation sites is 2. The van der Waals surface area contributed by atoms with Gasteiger partial charge < -0.3 is 9.13 Å². The Morgan fingerprint density at radius 2 is 0.783 bits per heavy atom. The number of rotatable bonds is 14. The normalized spacial score (nSPS) is 12.0. The van der Waals surface area contributed by atoms with Gasteiger partial charge in [0, 0.05) is 50.3 Å². The van der Waals surface area contributed by atoms with Gasteiger partial charge in [0.05, 0.1) is 22.8 Å². The molecule has 4 heterocycles. The highest BCUT2D eigenvalue weighted by Gasteiger charge is 2.24. The van der Waals surface area contributed by atoms with Crippen LogP contribution in [0.3, 0.4) is 0 Å². The smallest absolute Gasteiger partial charge is 0.181 e. The van der Waals surface area contributed by atoms with E-state index in [0.717, 1.165) is 34.7 Å². The van der Waals surface area contributed by atoms with Gasteiger partial charge in [-0.25, -0.2) is 19.9 Å². The first kappa shape index (κ1) is 40.2. The van der Waals surface area contributed by atoms with Crippen molar-refractivity contribution in [3.05, 3.63) is 179 Å². The van der Waals surface area contributed by atoms with Gasteiger partial charge in [0.1, 0.15) is 0 Å². The molecule has 4 aromatic heterocycles. The molecule has 0 amide bonds. The van der Waals surface area contributed by atoms with Crippen molar-refractivity contribution in [1.29, 1.82) is 0 Å². The van der Waals surface area contributed by atoms with Crippen molar-refractivity contribution < 1.29 is 0 Å². The summed E-state index contributed by atoms with van der Waals surface area (Å²) in [4.78, 5) is 20.6. The molecule has 8 aromatic rings. The Labute approximate surface area is 355 Å². The molecule has 8 rings (SSSR count). The summed E-state index contributed by atoms with van der Waals surface area (Å²) in [5.74, 6) is 4.44. The van der Waals surface area contributed by atoms with Crippen LogP contribution in [0.4, 0.5) is 0 Å². The molecule has 0 spiro atoms. The Morgan fingerprint density at radius 1 is 0.433 bits per heavy atom. The number of imidazole rings is 4. The molecule has 0 unspecified atom stereocenters. The third kappa shape index (κ3) is 8.19. The van der Waals surface area contributed by atoms with Crippen molar-refractivity contribution in [3.8, 4) is 34.7 Å². The summed E-state index contributed by atoms with van der Waals surface area (Å²) in [6.45, 7) is 19.5. The maximum atomic E-state index is 5.36. The number of benzene rings is 4. The van der Waals surface area contributed by atoms with E-state index >= 15 is 0 Å². The lowest BCUT2D eigenvalue weighted by Gasteiger charge is -2.21. The fraction of sp³-hybridized carbons (Fsp3) is 0.269. The largest absolute Gasteiger partial charge is 0.324 e. The first-order valence-corrected chi connectivity index (χ1v) is 21.3. The number of aromatic nitrogens is 8.